The Labute approximate surface area is 139 Å². The van der Waals surface area contributed by atoms with Gasteiger partial charge >= 0.3 is 0 Å². The summed E-state index contributed by atoms with van der Waals surface area (Å²) in [5, 5.41) is 10.9. The van der Waals surface area contributed by atoms with Crippen molar-refractivity contribution in [1.82, 2.24) is 15.0 Å². The summed E-state index contributed by atoms with van der Waals surface area (Å²) < 4.78 is 0. The average molecular weight is 319 g/mol. The van der Waals surface area contributed by atoms with Crippen LogP contribution in [0.1, 0.15) is 57.7 Å². The number of hydrogen-bond acceptors (Lipinski definition) is 6. The molecule has 1 aromatic rings. The minimum absolute atomic E-state index is 0.270. The molecule has 2 aliphatic rings. The minimum atomic E-state index is -0.465. The second kappa shape index (κ2) is 6.23. The van der Waals surface area contributed by atoms with Crippen molar-refractivity contribution in [3.63, 3.8) is 0 Å². The third-order valence-corrected chi connectivity index (χ3v) is 5.26. The van der Waals surface area contributed by atoms with Crippen molar-refractivity contribution in [2.45, 2.75) is 57.5 Å². The molecular weight excluding hydrogens is 290 g/mol. The Kier molecular flexibility index (Phi) is 4.45. The third-order valence-electron chi connectivity index (χ3n) is 5.26. The molecule has 6 heteroatoms. The Hall–Kier alpha value is -1.43. The molecule has 0 spiro atoms. The van der Waals surface area contributed by atoms with Crippen LogP contribution in [0.25, 0.3) is 0 Å². The van der Waals surface area contributed by atoms with E-state index in [1.807, 2.05) is 19.0 Å². The lowest BCUT2D eigenvalue weighted by molar-refractivity contribution is -0.0614. The lowest BCUT2D eigenvalue weighted by Gasteiger charge is -2.47. The zero-order valence-electron chi connectivity index (χ0n) is 14.8. The summed E-state index contributed by atoms with van der Waals surface area (Å²) in [5.74, 6) is 2.92. The van der Waals surface area contributed by atoms with Crippen molar-refractivity contribution in [3.8, 4) is 0 Å². The van der Waals surface area contributed by atoms with Crippen molar-refractivity contribution in [2.24, 2.45) is 5.92 Å². The third kappa shape index (κ3) is 3.27. The molecule has 3 rings (SSSR count). The van der Waals surface area contributed by atoms with E-state index < -0.39 is 5.60 Å². The Morgan fingerprint density at radius 2 is 1.96 bits per heavy atom. The van der Waals surface area contributed by atoms with Gasteiger partial charge in [0.1, 0.15) is 5.82 Å². The van der Waals surface area contributed by atoms with Crippen LogP contribution in [0.2, 0.25) is 0 Å². The van der Waals surface area contributed by atoms with Crippen molar-refractivity contribution < 1.29 is 5.11 Å². The van der Waals surface area contributed by atoms with Crippen molar-refractivity contribution in [2.75, 3.05) is 37.0 Å². The monoisotopic (exact) mass is 319 g/mol. The van der Waals surface area contributed by atoms with Gasteiger partial charge in [-0.05, 0) is 19.3 Å². The van der Waals surface area contributed by atoms with E-state index in [-0.39, 0.29) is 5.92 Å². The first-order chi connectivity index (χ1) is 10.9. The van der Waals surface area contributed by atoms with Gasteiger partial charge in [0.2, 0.25) is 11.9 Å². The Morgan fingerprint density at radius 3 is 2.65 bits per heavy atom. The van der Waals surface area contributed by atoms with Gasteiger partial charge in [0.05, 0.1) is 5.60 Å². The molecule has 0 bridgehead atoms. The van der Waals surface area contributed by atoms with Gasteiger partial charge in [-0.2, -0.15) is 15.0 Å². The molecule has 1 aliphatic heterocycles. The summed E-state index contributed by atoms with van der Waals surface area (Å²) in [6.45, 7) is 5.88. The molecule has 1 saturated heterocycles. The molecule has 2 atom stereocenters. The molecule has 1 saturated carbocycles. The highest BCUT2D eigenvalue weighted by Gasteiger charge is 2.43. The van der Waals surface area contributed by atoms with Gasteiger partial charge in [0.15, 0.2) is 0 Å². The van der Waals surface area contributed by atoms with E-state index >= 15 is 0 Å². The van der Waals surface area contributed by atoms with E-state index in [4.69, 9.17) is 4.98 Å². The minimum Gasteiger partial charge on any atom is -0.389 e. The maximum absolute atomic E-state index is 10.9. The van der Waals surface area contributed by atoms with E-state index in [9.17, 15) is 5.11 Å². The molecule has 1 N–H and O–H groups in total. The van der Waals surface area contributed by atoms with Crippen LogP contribution in [0.3, 0.4) is 0 Å². The van der Waals surface area contributed by atoms with Crippen LogP contribution >= 0.6 is 0 Å². The van der Waals surface area contributed by atoms with Gasteiger partial charge in [0, 0.05) is 39.0 Å². The summed E-state index contributed by atoms with van der Waals surface area (Å²) >= 11 is 0. The molecule has 1 aromatic heterocycles. The zero-order valence-corrected chi connectivity index (χ0v) is 14.8. The number of anilines is 2. The number of nitrogens with zero attached hydrogens (tertiary/aromatic N) is 5. The van der Waals surface area contributed by atoms with E-state index in [0.717, 1.165) is 50.5 Å². The standard InChI is InChI=1S/C17H29N5O/c1-12(2)14-18-15(21(3)4)20-16(19-14)22-10-9-17(23)8-6-5-7-13(17)11-22/h12-13,23H,5-11H2,1-4H3. The smallest absolute Gasteiger partial charge is 0.230 e. The first kappa shape index (κ1) is 16.4. The topological polar surface area (TPSA) is 65.4 Å². The van der Waals surface area contributed by atoms with Crippen molar-refractivity contribution in [3.05, 3.63) is 5.82 Å². The molecule has 6 nitrogen and oxygen atoms in total. The zero-order chi connectivity index (χ0) is 16.6. The quantitative estimate of drug-likeness (QED) is 0.921. The molecule has 2 unspecified atom stereocenters. The van der Waals surface area contributed by atoms with Crippen molar-refractivity contribution in [1.29, 1.82) is 0 Å². The van der Waals surface area contributed by atoms with Gasteiger partial charge in [-0.3, -0.25) is 0 Å². The first-order valence-electron chi connectivity index (χ1n) is 8.79. The Morgan fingerprint density at radius 1 is 1.17 bits per heavy atom. The fourth-order valence-electron chi connectivity index (χ4n) is 3.72. The predicted octanol–water partition coefficient (Wildman–Crippen LogP) is 2.19. The number of piperidine rings is 1. The van der Waals surface area contributed by atoms with Crippen LogP contribution in [0, 0.1) is 5.92 Å². The van der Waals surface area contributed by atoms with Gasteiger partial charge in [-0.25, -0.2) is 0 Å². The molecule has 1 aliphatic carbocycles. The van der Waals surface area contributed by atoms with Gasteiger partial charge in [0.25, 0.3) is 0 Å². The number of fused-ring (bicyclic) bond motifs is 1. The van der Waals surface area contributed by atoms with E-state index in [0.29, 0.717) is 11.9 Å². The maximum Gasteiger partial charge on any atom is 0.230 e. The fraction of sp³-hybridized carbons (Fsp3) is 0.824. The number of aromatic nitrogens is 3. The Balaban J connectivity index is 1.86. The molecule has 0 aromatic carbocycles. The van der Waals surface area contributed by atoms with Crippen LogP contribution < -0.4 is 9.80 Å². The average Bonchev–Trinajstić information content (AvgIpc) is 2.53. The van der Waals surface area contributed by atoms with E-state index in [1.165, 1.54) is 6.42 Å². The van der Waals surface area contributed by atoms with Crippen LogP contribution in [0.5, 0.6) is 0 Å². The molecule has 0 radical (unpaired) electrons. The van der Waals surface area contributed by atoms with Crippen molar-refractivity contribution >= 4 is 11.9 Å². The lowest BCUT2D eigenvalue weighted by Crippen LogP contribution is -2.53. The largest absolute Gasteiger partial charge is 0.389 e. The highest BCUT2D eigenvalue weighted by molar-refractivity contribution is 5.39. The summed E-state index contributed by atoms with van der Waals surface area (Å²) in [4.78, 5) is 18.1. The van der Waals surface area contributed by atoms with E-state index in [1.54, 1.807) is 0 Å². The first-order valence-corrected chi connectivity index (χ1v) is 8.79. The van der Waals surface area contributed by atoms with Crippen LogP contribution in [0.4, 0.5) is 11.9 Å². The molecule has 0 amide bonds. The summed E-state index contributed by atoms with van der Waals surface area (Å²) in [7, 11) is 3.92. The molecule has 2 heterocycles. The lowest BCUT2D eigenvalue weighted by atomic mass is 9.71. The Bertz CT molecular complexity index is 536. The fourth-order valence-corrected chi connectivity index (χ4v) is 3.72. The second-order valence-corrected chi connectivity index (χ2v) is 7.59. The number of rotatable bonds is 3. The van der Waals surface area contributed by atoms with Gasteiger partial charge in [-0.1, -0.05) is 26.7 Å². The number of hydrogen-bond donors (Lipinski definition) is 1. The highest BCUT2D eigenvalue weighted by atomic mass is 16.3. The van der Waals surface area contributed by atoms with Gasteiger partial charge in [-0.15, -0.1) is 0 Å². The molecule has 2 fully saturated rings. The van der Waals surface area contributed by atoms with Crippen LogP contribution in [-0.4, -0.2) is 52.8 Å². The molecule has 128 valence electrons. The van der Waals surface area contributed by atoms with Gasteiger partial charge < -0.3 is 14.9 Å². The SMILES string of the molecule is CC(C)c1nc(N(C)C)nc(N2CCC3(O)CCCCC3C2)n1. The van der Waals surface area contributed by atoms with E-state index in [2.05, 4.69) is 28.7 Å². The van der Waals surface area contributed by atoms with Crippen LogP contribution in [-0.2, 0) is 0 Å². The highest BCUT2D eigenvalue weighted by Crippen LogP contribution is 2.40. The molecule has 23 heavy (non-hydrogen) atoms. The number of aliphatic hydroxyl groups is 1. The summed E-state index contributed by atoms with van der Waals surface area (Å²) in [6.07, 6.45) is 5.25. The summed E-state index contributed by atoms with van der Waals surface area (Å²) in [5.41, 5.74) is -0.465. The van der Waals surface area contributed by atoms with Crippen LogP contribution in [0.15, 0.2) is 0 Å². The molecular formula is C17H29N5O. The second-order valence-electron chi connectivity index (χ2n) is 7.59. The predicted molar refractivity (Wildman–Crippen MR) is 92.0 cm³/mol. The summed E-state index contributed by atoms with van der Waals surface area (Å²) in [6, 6.07) is 0. The normalized spacial score (nSPS) is 27.9. The maximum atomic E-state index is 10.9.